The van der Waals surface area contributed by atoms with Crippen LogP contribution in [0.15, 0.2) is 110 Å². The molecular formula is C37H36O6. The lowest BCUT2D eigenvalue weighted by Gasteiger charge is -2.19. The molecule has 0 aliphatic rings. The average Bonchev–Trinajstić information content (AvgIpc) is 2.98. The molecule has 4 aromatic carbocycles. The van der Waals surface area contributed by atoms with E-state index >= 15 is 0 Å². The summed E-state index contributed by atoms with van der Waals surface area (Å²) in [6.45, 7) is 11.1. The average molecular weight is 577 g/mol. The minimum atomic E-state index is -0.399. The normalized spacial score (nSPS) is 10.5. The number of esters is 2. The van der Waals surface area contributed by atoms with Crippen LogP contribution in [0, 0.1) is 0 Å². The predicted octanol–water partition coefficient (Wildman–Crippen LogP) is 7.44. The monoisotopic (exact) mass is 576 g/mol. The molecule has 6 heteroatoms. The van der Waals surface area contributed by atoms with Gasteiger partial charge in [-0.3, -0.25) is 9.59 Å². The molecule has 43 heavy (non-hydrogen) atoms. The summed E-state index contributed by atoms with van der Waals surface area (Å²) < 4.78 is 23.4. The van der Waals surface area contributed by atoms with Crippen molar-refractivity contribution in [2.45, 2.75) is 33.1 Å². The van der Waals surface area contributed by atoms with Crippen molar-refractivity contribution in [3.63, 3.8) is 0 Å². The highest BCUT2D eigenvalue weighted by atomic mass is 16.5. The fraction of sp³-hybridized carbons (Fsp3) is 0.189. The summed E-state index contributed by atoms with van der Waals surface area (Å²) in [6, 6.07) is 27.1. The van der Waals surface area contributed by atoms with Gasteiger partial charge in [0.15, 0.2) is 0 Å². The number of hydrogen-bond donors (Lipinski definition) is 0. The van der Waals surface area contributed by atoms with Crippen molar-refractivity contribution in [2.75, 3.05) is 13.2 Å². The second-order valence-electron chi connectivity index (χ2n) is 9.94. The van der Waals surface area contributed by atoms with E-state index in [-0.39, 0.29) is 5.97 Å². The van der Waals surface area contributed by atoms with Crippen molar-refractivity contribution >= 4 is 11.9 Å². The number of ether oxygens (including phenoxy) is 4. The molecule has 220 valence electrons. The molecule has 0 unspecified atom stereocenters. The van der Waals surface area contributed by atoms with E-state index in [9.17, 15) is 9.59 Å². The zero-order valence-corrected chi connectivity index (χ0v) is 24.6. The number of carbonyl (C=O) groups is 2. The third-order valence-electron chi connectivity index (χ3n) is 6.65. The van der Waals surface area contributed by atoms with E-state index in [0.717, 1.165) is 39.1 Å². The highest BCUT2D eigenvalue weighted by molar-refractivity contribution is 5.71. The van der Waals surface area contributed by atoms with Crippen LogP contribution in [-0.2, 0) is 28.9 Å². The number of carbonyl (C=O) groups excluding carboxylic acids is 2. The Labute approximate surface area is 253 Å². The number of benzene rings is 4. The quantitative estimate of drug-likeness (QED) is 0.0883. The predicted molar refractivity (Wildman–Crippen MR) is 168 cm³/mol. The molecule has 6 nitrogen and oxygen atoms in total. The van der Waals surface area contributed by atoms with Gasteiger partial charge in [0.2, 0.25) is 0 Å². The smallest absolute Gasteiger partial charge is 0.308 e. The van der Waals surface area contributed by atoms with Crippen molar-refractivity contribution in [2.24, 2.45) is 0 Å². The standard InChI is InChI=1S/C37H36O6/c1-5-21-40-34-19-9-7-13-28(34)23-32-17-12-18-33(37(32)43-27(4)39)25-31-16-11-15-30(36(31)41-22-6-2)24-29-14-8-10-20-35(29)42-26(3)38/h5-20H,1-2,21-25H2,3-4H3. The molecule has 0 fully saturated rings. The summed E-state index contributed by atoms with van der Waals surface area (Å²) in [5.74, 6) is 1.72. The van der Waals surface area contributed by atoms with Gasteiger partial charge >= 0.3 is 11.9 Å². The summed E-state index contributed by atoms with van der Waals surface area (Å²) in [5.41, 5.74) is 5.39. The lowest BCUT2D eigenvalue weighted by Crippen LogP contribution is -2.09. The Bertz CT molecular complexity index is 1600. The summed E-state index contributed by atoms with van der Waals surface area (Å²) in [7, 11) is 0. The van der Waals surface area contributed by atoms with Gasteiger partial charge in [0, 0.05) is 33.1 Å². The Kier molecular flexibility index (Phi) is 10.9. The van der Waals surface area contributed by atoms with Gasteiger partial charge in [0.1, 0.15) is 36.2 Å². The van der Waals surface area contributed by atoms with Crippen LogP contribution in [0.5, 0.6) is 23.0 Å². The van der Waals surface area contributed by atoms with E-state index < -0.39 is 5.97 Å². The first-order valence-electron chi connectivity index (χ1n) is 14.1. The molecule has 0 aromatic heterocycles. The minimum Gasteiger partial charge on any atom is -0.489 e. The van der Waals surface area contributed by atoms with Crippen molar-refractivity contribution in [1.82, 2.24) is 0 Å². The minimum absolute atomic E-state index is 0.313. The van der Waals surface area contributed by atoms with Crippen LogP contribution < -0.4 is 18.9 Å². The molecule has 4 aromatic rings. The van der Waals surface area contributed by atoms with Gasteiger partial charge in [-0.05, 0) is 45.5 Å². The molecule has 0 amide bonds. The Morgan fingerprint density at radius 1 is 0.535 bits per heavy atom. The molecule has 0 saturated carbocycles. The van der Waals surface area contributed by atoms with Gasteiger partial charge in [-0.2, -0.15) is 0 Å². The third-order valence-corrected chi connectivity index (χ3v) is 6.65. The maximum Gasteiger partial charge on any atom is 0.308 e. The SMILES string of the molecule is C=CCOc1ccccc1Cc1cccc(Cc2cccc(Cc3ccccc3OC(C)=O)c2OCC=C)c1OC(C)=O. The first-order valence-corrected chi connectivity index (χ1v) is 14.1. The van der Waals surface area contributed by atoms with Gasteiger partial charge in [-0.1, -0.05) is 98.1 Å². The molecule has 0 spiro atoms. The molecular weight excluding hydrogens is 540 g/mol. The van der Waals surface area contributed by atoms with E-state index in [2.05, 4.69) is 13.2 Å². The first-order chi connectivity index (χ1) is 20.9. The van der Waals surface area contributed by atoms with Crippen molar-refractivity contribution < 1.29 is 28.5 Å². The van der Waals surface area contributed by atoms with Gasteiger partial charge in [-0.25, -0.2) is 0 Å². The number of hydrogen-bond acceptors (Lipinski definition) is 6. The van der Waals surface area contributed by atoms with Crippen LogP contribution in [0.3, 0.4) is 0 Å². The molecule has 0 saturated heterocycles. The molecule has 0 heterocycles. The summed E-state index contributed by atoms with van der Waals surface area (Å²) in [6.07, 6.45) is 4.86. The van der Waals surface area contributed by atoms with Crippen molar-refractivity contribution in [1.29, 1.82) is 0 Å². The molecule has 0 aliphatic heterocycles. The van der Waals surface area contributed by atoms with E-state index in [0.29, 0.717) is 49.7 Å². The third kappa shape index (κ3) is 8.46. The van der Waals surface area contributed by atoms with Gasteiger partial charge < -0.3 is 18.9 Å². The zero-order chi connectivity index (χ0) is 30.6. The van der Waals surface area contributed by atoms with Crippen LogP contribution in [0.1, 0.15) is 47.2 Å². The van der Waals surface area contributed by atoms with Gasteiger partial charge in [-0.15, -0.1) is 0 Å². The summed E-state index contributed by atoms with van der Waals surface area (Å²) in [5, 5.41) is 0. The highest BCUT2D eigenvalue weighted by Gasteiger charge is 2.19. The summed E-state index contributed by atoms with van der Waals surface area (Å²) >= 11 is 0. The maximum atomic E-state index is 12.3. The van der Waals surface area contributed by atoms with Gasteiger partial charge in [0.05, 0.1) is 0 Å². The second-order valence-corrected chi connectivity index (χ2v) is 9.94. The van der Waals surface area contributed by atoms with Crippen molar-refractivity contribution in [3.8, 4) is 23.0 Å². The van der Waals surface area contributed by atoms with Crippen LogP contribution >= 0.6 is 0 Å². The Morgan fingerprint density at radius 2 is 0.953 bits per heavy atom. The molecule has 0 radical (unpaired) electrons. The maximum absolute atomic E-state index is 12.3. The second kappa shape index (κ2) is 15.2. The number of para-hydroxylation sites is 4. The highest BCUT2D eigenvalue weighted by Crippen LogP contribution is 2.35. The Hall–Kier alpha value is -5.10. The summed E-state index contributed by atoms with van der Waals surface area (Å²) in [4.78, 5) is 24.0. The Morgan fingerprint density at radius 3 is 1.49 bits per heavy atom. The topological polar surface area (TPSA) is 71.1 Å². The molecule has 0 aliphatic carbocycles. The molecule has 0 atom stereocenters. The largest absolute Gasteiger partial charge is 0.489 e. The fourth-order valence-corrected chi connectivity index (χ4v) is 4.89. The lowest BCUT2D eigenvalue weighted by molar-refractivity contribution is -0.132. The fourth-order valence-electron chi connectivity index (χ4n) is 4.89. The number of rotatable bonds is 14. The van der Waals surface area contributed by atoms with Gasteiger partial charge in [0.25, 0.3) is 0 Å². The van der Waals surface area contributed by atoms with E-state index in [1.54, 1.807) is 18.2 Å². The van der Waals surface area contributed by atoms with E-state index in [4.69, 9.17) is 18.9 Å². The van der Waals surface area contributed by atoms with E-state index in [1.807, 2.05) is 78.9 Å². The zero-order valence-electron chi connectivity index (χ0n) is 24.6. The van der Waals surface area contributed by atoms with Crippen molar-refractivity contribution in [3.05, 3.63) is 144 Å². The van der Waals surface area contributed by atoms with Crippen LogP contribution in [-0.4, -0.2) is 25.2 Å². The Balaban J connectivity index is 1.73. The lowest BCUT2D eigenvalue weighted by atomic mass is 9.94. The first kappa shape index (κ1) is 30.8. The van der Waals surface area contributed by atoms with Crippen LogP contribution in [0.2, 0.25) is 0 Å². The van der Waals surface area contributed by atoms with Crippen LogP contribution in [0.4, 0.5) is 0 Å². The van der Waals surface area contributed by atoms with E-state index in [1.165, 1.54) is 13.8 Å². The molecule has 4 rings (SSSR count). The molecule has 0 N–H and O–H groups in total. The van der Waals surface area contributed by atoms with Crippen LogP contribution in [0.25, 0.3) is 0 Å². The molecule has 0 bridgehead atoms.